The fourth-order valence-corrected chi connectivity index (χ4v) is 4.67. The minimum absolute atomic E-state index is 0.852. The van der Waals surface area contributed by atoms with Crippen molar-refractivity contribution in [2.24, 2.45) is 0 Å². The molecule has 3 aromatic rings. The van der Waals surface area contributed by atoms with Gasteiger partial charge in [0.25, 0.3) is 0 Å². The molecule has 0 fully saturated rings. The lowest BCUT2D eigenvalue weighted by Gasteiger charge is -2.22. The zero-order chi connectivity index (χ0) is 25.5. The fraction of sp³-hybridized carbons (Fsp3) is 0.118. The van der Waals surface area contributed by atoms with Crippen molar-refractivity contribution in [1.29, 1.82) is 0 Å². The van der Waals surface area contributed by atoms with E-state index in [1.54, 1.807) is 6.08 Å². The van der Waals surface area contributed by atoms with E-state index in [9.17, 15) is 0 Å². The third kappa shape index (κ3) is 4.76. The van der Waals surface area contributed by atoms with E-state index in [0.717, 1.165) is 39.8 Å². The van der Waals surface area contributed by atoms with Crippen LogP contribution in [0.2, 0.25) is 0 Å². The van der Waals surface area contributed by atoms with Crippen LogP contribution in [-0.2, 0) is 6.42 Å². The Morgan fingerprint density at radius 3 is 1.74 bits per heavy atom. The van der Waals surface area contributed by atoms with E-state index in [4.69, 9.17) is 0 Å². The average molecular weight is 458 g/mol. The molecular formula is C34H35N. The van der Waals surface area contributed by atoms with Gasteiger partial charge in [-0.15, -0.1) is 6.58 Å². The van der Waals surface area contributed by atoms with Crippen LogP contribution in [0.5, 0.6) is 0 Å². The highest BCUT2D eigenvalue weighted by atomic mass is 15.2. The number of benzene rings is 3. The van der Waals surface area contributed by atoms with Gasteiger partial charge in [-0.05, 0) is 70.0 Å². The highest BCUT2D eigenvalue weighted by molar-refractivity contribution is 6.07. The zero-order valence-electron chi connectivity index (χ0n) is 21.3. The summed E-state index contributed by atoms with van der Waals surface area (Å²) in [7, 11) is 2.06. The molecule has 1 heterocycles. The van der Waals surface area contributed by atoms with Gasteiger partial charge in [0.05, 0.1) is 5.70 Å². The molecule has 0 saturated heterocycles. The van der Waals surface area contributed by atoms with Crippen LogP contribution in [-0.4, -0.2) is 11.9 Å². The number of fused-ring (bicyclic) bond motifs is 1. The summed E-state index contributed by atoms with van der Waals surface area (Å²) in [6.07, 6.45) is 16.8. The Bertz CT molecular complexity index is 1380. The standard InChI is InChI=1S/C31H29N.C3H6/c1-7-12-15-25-23(10-4)24(11-5)31(28-17-14-13-16-26(25)28)29-19-18-27(30-20-32(30)6)21(8-2)22(29)9-3;1-3-2/h7-14,16-20H,2-5,15H2,1,6H3;3H,1H2,2H3/b12-7-;. The molecule has 176 valence electrons. The van der Waals surface area contributed by atoms with Gasteiger partial charge in [-0.25, -0.2) is 0 Å². The normalized spacial score (nSPS) is 12.0. The Balaban J connectivity index is 0.00000108. The van der Waals surface area contributed by atoms with E-state index in [2.05, 4.69) is 107 Å². The number of nitrogens with zero attached hydrogens (tertiary/aromatic N) is 1. The summed E-state index contributed by atoms with van der Waals surface area (Å²) in [6.45, 7) is 23.9. The molecule has 0 aliphatic carbocycles. The maximum Gasteiger partial charge on any atom is 0.0649 e. The van der Waals surface area contributed by atoms with Crippen LogP contribution >= 0.6 is 0 Å². The molecule has 0 saturated carbocycles. The molecule has 0 amide bonds. The lowest BCUT2D eigenvalue weighted by atomic mass is 9.82. The topological polar surface area (TPSA) is 3.01 Å². The van der Waals surface area contributed by atoms with Crippen molar-refractivity contribution in [2.45, 2.75) is 20.3 Å². The quantitative estimate of drug-likeness (QED) is 0.304. The summed E-state index contributed by atoms with van der Waals surface area (Å²) < 4.78 is 0. The Morgan fingerprint density at radius 1 is 0.714 bits per heavy atom. The van der Waals surface area contributed by atoms with Crippen molar-refractivity contribution >= 4 is 40.8 Å². The van der Waals surface area contributed by atoms with Crippen LogP contribution in [0.1, 0.15) is 47.2 Å². The van der Waals surface area contributed by atoms with Gasteiger partial charge in [0.1, 0.15) is 0 Å². The van der Waals surface area contributed by atoms with Crippen molar-refractivity contribution in [3.05, 3.63) is 127 Å². The van der Waals surface area contributed by atoms with Gasteiger partial charge in [-0.1, -0.05) is 105 Å². The Kier molecular flexibility index (Phi) is 8.28. The van der Waals surface area contributed by atoms with Crippen molar-refractivity contribution in [3.8, 4) is 11.1 Å². The molecule has 0 radical (unpaired) electrons. The molecule has 0 atom stereocenters. The van der Waals surface area contributed by atoms with Gasteiger partial charge < -0.3 is 4.90 Å². The maximum atomic E-state index is 4.19. The van der Waals surface area contributed by atoms with Crippen LogP contribution in [0.15, 0.2) is 93.7 Å². The highest BCUT2D eigenvalue weighted by Crippen LogP contribution is 2.44. The van der Waals surface area contributed by atoms with Crippen molar-refractivity contribution in [1.82, 2.24) is 4.90 Å². The monoisotopic (exact) mass is 457 g/mol. The maximum absolute atomic E-state index is 4.19. The number of allylic oxidation sites excluding steroid dienone is 3. The number of rotatable bonds is 8. The summed E-state index contributed by atoms with van der Waals surface area (Å²) in [5.74, 6) is 0. The molecule has 35 heavy (non-hydrogen) atoms. The molecule has 1 aliphatic heterocycles. The molecule has 1 aliphatic rings. The number of hydrogen-bond acceptors (Lipinski definition) is 1. The largest absolute Gasteiger partial charge is 0.347 e. The molecule has 0 spiro atoms. The first kappa shape index (κ1) is 25.5. The van der Waals surface area contributed by atoms with Gasteiger partial charge in [0.2, 0.25) is 0 Å². The second kappa shape index (κ2) is 11.4. The van der Waals surface area contributed by atoms with E-state index >= 15 is 0 Å². The molecule has 1 heteroatoms. The fourth-order valence-electron chi connectivity index (χ4n) is 4.67. The van der Waals surface area contributed by atoms with Crippen LogP contribution in [0.25, 0.3) is 51.9 Å². The predicted octanol–water partition coefficient (Wildman–Crippen LogP) is 9.63. The average Bonchev–Trinajstić information content (AvgIpc) is 3.61. The first-order valence-corrected chi connectivity index (χ1v) is 11.9. The lowest BCUT2D eigenvalue weighted by Crippen LogP contribution is -2.01. The minimum Gasteiger partial charge on any atom is -0.347 e. The first-order valence-electron chi connectivity index (χ1n) is 11.9. The van der Waals surface area contributed by atoms with Crippen LogP contribution in [0.4, 0.5) is 0 Å². The molecule has 0 N–H and O–H groups in total. The van der Waals surface area contributed by atoms with Crippen molar-refractivity contribution in [2.75, 3.05) is 7.05 Å². The molecule has 0 unspecified atom stereocenters. The SMILES string of the molecule is C=CC.C=Cc1c(C2=CN2C)ccc(-c2c(C=C)c(C=C)c(C/C=C\C)c3ccccc23)c1C=C. The third-order valence-electron chi connectivity index (χ3n) is 6.24. The summed E-state index contributed by atoms with van der Waals surface area (Å²) >= 11 is 0. The third-order valence-corrected chi connectivity index (χ3v) is 6.24. The first-order chi connectivity index (χ1) is 17.0. The van der Waals surface area contributed by atoms with Crippen molar-refractivity contribution < 1.29 is 0 Å². The minimum atomic E-state index is 0.852. The van der Waals surface area contributed by atoms with E-state index < -0.39 is 0 Å². The zero-order valence-corrected chi connectivity index (χ0v) is 21.3. The molecule has 1 nitrogen and oxygen atoms in total. The lowest BCUT2D eigenvalue weighted by molar-refractivity contribution is 0.777. The van der Waals surface area contributed by atoms with Gasteiger partial charge in [-0.2, -0.15) is 0 Å². The predicted molar refractivity (Wildman–Crippen MR) is 160 cm³/mol. The Labute approximate surface area is 211 Å². The second-order valence-corrected chi connectivity index (χ2v) is 8.34. The van der Waals surface area contributed by atoms with Gasteiger partial charge in [-0.3, -0.25) is 0 Å². The van der Waals surface area contributed by atoms with Gasteiger partial charge in [0, 0.05) is 18.8 Å². The second-order valence-electron chi connectivity index (χ2n) is 8.34. The van der Waals surface area contributed by atoms with E-state index in [-0.39, 0.29) is 0 Å². The molecule has 4 rings (SSSR count). The summed E-state index contributed by atoms with van der Waals surface area (Å²) in [6, 6.07) is 13.0. The van der Waals surface area contributed by atoms with Gasteiger partial charge >= 0.3 is 0 Å². The van der Waals surface area contributed by atoms with E-state index in [1.807, 2.05) is 31.2 Å². The number of hydrogen-bond donors (Lipinski definition) is 0. The van der Waals surface area contributed by atoms with Gasteiger partial charge in [0.15, 0.2) is 0 Å². The van der Waals surface area contributed by atoms with E-state index in [0.29, 0.717) is 0 Å². The summed E-state index contributed by atoms with van der Waals surface area (Å²) in [5, 5.41) is 2.45. The van der Waals surface area contributed by atoms with E-state index in [1.165, 1.54) is 27.6 Å². The molecular weight excluding hydrogens is 422 g/mol. The van der Waals surface area contributed by atoms with Crippen LogP contribution < -0.4 is 0 Å². The molecule has 0 bridgehead atoms. The Hall–Kier alpha value is -4.10. The molecule has 3 aromatic carbocycles. The smallest absolute Gasteiger partial charge is 0.0649 e. The van der Waals surface area contributed by atoms with Crippen molar-refractivity contribution in [3.63, 3.8) is 0 Å². The summed E-state index contributed by atoms with van der Waals surface area (Å²) in [4.78, 5) is 2.13. The molecule has 0 aromatic heterocycles. The summed E-state index contributed by atoms with van der Waals surface area (Å²) in [5.41, 5.74) is 10.4. The Morgan fingerprint density at radius 2 is 1.23 bits per heavy atom. The van der Waals surface area contributed by atoms with Crippen LogP contribution in [0, 0.1) is 0 Å². The highest BCUT2D eigenvalue weighted by Gasteiger charge is 2.24. The van der Waals surface area contributed by atoms with Crippen LogP contribution in [0.3, 0.4) is 0 Å².